The Kier molecular flexibility index (Phi) is 10.3. The zero-order chi connectivity index (χ0) is 26.7. The van der Waals surface area contributed by atoms with Crippen LogP contribution in [0.3, 0.4) is 0 Å². The van der Waals surface area contributed by atoms with E-state index in [9.17, 15) is 14.7 Å². The van der Waals surface area contributed by atoms with E-state index in [4.69, 9.17) is 9.47 Å². The van der Waals surface area contributed by atoms with Crippen LogP contribution < -0.4 is 20.8 Å². The monoisotopic (exact) mass is 522 g/mol. The summed E-state index contributed by atoms with van der Waals surface area (Å²) in [6.07, 6.45) is 3.50. The van der Waals surface area contributed by atoms with E-state index in [0.717, 1.165) is 36.8 Å². The van der Waals surface area contributed by atoms with Crippen LogP contribution in [0.15, 0.2) is 53.6 Å². The Hall–Kier alpha value is -3.27. The van der Waals surface area contributed by atoms with Crippen LogP contribution in [0.2, 0.25) is 0 Å². The van der Waals surface area contributed by atoms with Gasteiger partial charge in [0, 0.05) is 44.1 Å². The Morgan fingerprint density at radius 1 is 1.16 bits per heavy atom. The number of ether oxygens (including phenoxy) is 2. The van der Waals surface area contributed by atoms with Gasteiger partial charge in [-0.15, -0.1) is 0 Å². The molecule has 38 heavy (non-hydrogen) atoms. The normalized spacial score (nSPS) is 17.9. The average molecular weight is 523 g/mol. The highest BCUT2D eigenvalue weighted by molar-refractivity contribution is 6.06. The second-order valence-corrected chi connectivity index (χ2v) is 10.1. The van der Waals surface area contributed by atoms with Gasteiger partial charge in [0.15, 0.2) is 0 Å². The highest BCUT2D eigenvalue weighted by atomic mass is 16.5. The molecule has 2 atom stereocenters. The van der Waals surface area contributed by atoms with Crippen molar-refractivity contribution in [1.82, 2.24) is 10.7 Å². The van der Waals surface area contributed by atoms with Crippen molar-refractivity contribution in [2.24, 2.45) is 16.9 Å². The minimum absolute atomic E-state index is 0.0445. The van der Waals surface area contributed by atoms with E-state index in [1.165, 1.54) is 18.4 Å². The molecule has 4 rings (SSSR count). The summed E-state index contributed by atoms with van der Waals surface area (Å²) in [6.45, 7) is 4.52. The predicted octanol–water partition coefficient (Wildman–Crippen LogP) is 2.87. The number of benzene rings is 2. The molecule has 0 bridgehead atoms. The van der Waals surface area contributed by atoms with Gasteiger partial charge in [-0.1, -0.05) is 31.2 Å². The van der Waals surface area contributed by atoms with Crippen molar-refractivity contribution in [2.75, 3.05) is 38.2 Å². The average Bonchev–Trinajstić information content (AvgIpc) is 3.74. The number of hydrogen-bond donors (Lipinski definition) is 4. The zero-order valence-corrected chi connectivity index (χ0v) is 21.9. The summed E-state index contributed by atoms with van der Waals surface area (Å²) in [6, 6.07) is 15.3. The van der Waals surface area contributed by atoms with Gasteiger partial charge in [-0.25, -0.2) is 5.43 Å². The summed E-state index contributed by atoms with van der Waals surface area (Å²) in [5.74, 6) is 1.34. The van der Waals surface area contributed by atoms with Crippen molar-refractivity contribution in [2.45, 2.75) is 45.1 Å². The number of amides is 2. The third-order valence-corrected chi connectivity index (χ3v) is 6.58. The van der Waals surface area contributed by atoms with Gasteiger partial charge in [0.05, 0.1) is 12.3 Å². The lowest BCUT2D eigenvalue weighted by Gasteiger charge is -2.19. The van der Waals surface area contributed by atoms with Crippen molar-refractivity contribution >= 4 is 23.2 Å². The maximum absolute atomic E-state index is 12.3. The molecule has 1 fully saturated rings. The number of carbonyl (C=O) groups excluding carboxylic acids is 2. The number of nitrogens with one attached hydrogen (secondary N) is 3. The van der Waals surface area contributed by atoms with Crippen LogP contribution in [0.25, 0.3) is 0 Å². The Morgan fingerprint density at radius 3 is 2.63 bits per heavy atom. The fourth-order valence-corrected chi connectivity index (χ4v) is 4.15. The van der Waals surface area contributed by atoms with Gasteiger partial charge in [0.2, 0.25) is 11.8 Å². The molecule has 2 aromatic carbocycles. The lowest BCUT2D eigenvalue weighted by molar-refractivity contribution is -0.122. The van der Waals surface area contributed by atoms with Gasteiger partial charge in [0.25, 0.3) is 0 Å². The first-order valence-electron chi connectivity index (χ1n) is 13.4. The highest BCUT2D eigenvalue weighted by Crippen LogP contribution is 2.28. The fraction of sp³-hybridized carbons (Fsp3) is 0.483. The molecule has 2 amide bonds. The molecule has 1 aliphatic carbocycles. The third kappa shape index (κ3) is 9.24. The molecule has 0 radical (unpaired) electrons. The molecule has 204 valence electrons. The molecule has 2 aliphatic rings. The SMILES string of the molecule is C[C@H]1CC(=O)NN=C1c1ccc(NC(=O)CCNC[C@@H](O)COc2ccc(CCOCC3CC3)cc2)cc1. The molecule has 4 N–H and O–H groups in total. The van der Waals surface area contributed by atoms with Crippen LogP contribution in [-0.4, -0.2) is 61.6 Å². The van der Waals surface area contributed by atoms with E-state index in [2.05, 4.69) is 21.2 Å². The van der Waals surface area contributed by atoms with Gasteiger partial charge in [0.1, 0.15) is 18.5 Å². The van der Waals surface area contributed by atoms with E-state index in [0.29, 0.717) is 30.9 Å². The number of carbonyl (C=O) groups is 2. The molecular weight excluding hydrogens is 484 g/mol. The predicted molar refractivity (Wildman–Crippen MR) is 146 cm³/mol. The lowest BCUT2D eigenvalue weighted by Crippen LogP contribution is -2.33. The van der Waals surface area contributed by atoms with Gasteiger partial charge >= 0.3 is 0 Å². The molecule has 0 unspecified atom stereocenters. The van der Waals surface area contributed by atoms with Crippen LogP contribution in [0, 0.1) is 11.8 Å². The van der Waals surface area contributed by atoms with Gasteiger partial charge in [-0.2, -0.15) is 5.10 Å². The minimum atomic E-state index is -0.684. The summed E-state index contributed by atoms with van der Waals surface area (Å²) in [7, 11) is 0. The zero-order valence-electron chi connectivity index (χ0n) is 21.9. The van der Waals surface area contributed by atoms with Crippen molar-refractivity contribution in [3.63, 3.8) is 0 Å². The summed E-state index contributed by atoms with van der Waals surface area (Å²) >= 11 is 0. The molecule has 1 saturated carbocycles. The first-order chi connectivity index (χ1) is 18.5. The van der Waals surface area contributed by atoms with E-state index < -0.39 is 6.10 Å². The van der Waals surface area contributed by atoms with Crippen molar-refractivity contribution < 1.29 is 24.2 Å². The Bertz CT molecular complexity index is 1080. The van der Waals surface area contributed by atoms with Crippen LogP contribution in [0.4, 0.5) is 5.69 Å². The topological polar surface area (TPSA) is 121 Å². The Labute approximate surface area is 224 Å². The Morgan fingerprint density at radius 2 is 1.92 bits per heavy atom. The van der Waals surface area contributed by atoms with Gasteiger partial charge in [-0.05, 0) is 60.6 Å². The van der Waals surface area contributed by atoms with Crippen LogP contribution >= 0.6 is 0 Å². The highest BCUT2D eigenvalue weighted by Gasteiger charge is 2.22. The number of rotatable bonds is 15. The van der Waals surface area contributed by atoms with Gasteiger partial charge in [-0.3, -0.25) is 9.59 Å². The van der Waals surface area contributed by atoms with E-state index in [1.54, 1.807) is 0 Å². The molecule has 1 aliphatic heterocycles. The second kappa shape index (κ2) is 14.0. The summed E-state index contributed by atoms with van der Waals surface area (Å²) in [4.78, 5) is 23.7. The summed E-state index contributed by atoms with van der Waals surface area (Å²) in [5, 5.41) is 20.3. The van der Waals surface area contributed by atoms with Crippen LogP contribution in [-0.2, 0) is 20.7 Å². The molecule has 0 aromatic heterocycles. The van der Waals surface area contributed by atoms with Crippen LogP contribution in [0.1, 0.15) is 43.7 Å². The van der Waals surface area contributed by atoms with Gasteiger partial charge < -0.3 is 25.2 Å². The second-order valence-electron chi connectivity index (χ2n) is 10.1. The van der Waals surface area contributed by atoms with E-state index >= 15 is 0 Å². The lowest BCUT2D eigenvalue weighted by atomic mass is 9.94. The number of aliphatic hydroxyl groups is 1. The molecule has 1 heterocycles. The Balaban J connectivity index is 1.07. The molecule has 9 heteroatoms. The maximum Gasteiger partial charge on any atom is 0.240 e. The number of aliphatic hydroxyl groups excluding tert-OH is 1. The number of hydrazone groups is 1. The largest absolute Gasteiger partial charge is 0.491 e. The number of nitrogens with zero attached hydrogens (tertiary/aromatic N) is 1. The number of hydrogen-bond acceptors (Lipinski definition) is 7. The minimum Gasteiger partial charge on any atom is -0.491 e. The van der Waals surface area contributed by atoms with E-state index in [1.807, 2.05) is 55.5 Å². The standard InChI is InChI=1S/C29H38N4O5/c1-20-16-28(36)32-33-29(20)23-6-8-24(9-7-23)31-27(35)12-14-30-17-25(34)19-38-26-10-4-21(5-11-26)13-15-37-18-22-2-3-22/h4-11,20,22,25,30,34H,2-3,12-19H2,1H3,(H,31,35)(H,32,36)/t20-,25+/m0/s1. The molecule has 2 aromatic rings. The summed E-state index contributed by atoms with van der Waals surface area (Å²) < 4.78 is 11.4. The van der Waals surface area contributed by atoms with E-state index in [-0.39, 0.29) is 30.8 Å². The molecule has 0 saturated heterocycles. The van der Waals surface area contributed by atoms with Crippen molar-refractivity contribution in [3.05, 3.63) is 59.7 Å². The van der Waals surface area contributed by atoms with Crippen molar-refractivity contribution in [3.8, 4) is 5.75 Å². The van der Waals surface area contributed by atoms with Crippen LogP contribution in [0.5, 0.6) is 5.75 Å². The first-order valence-corrected chi connectivity index (χ1v) is 13.4. The number of anilines is 1. The van der Waals surface area contributed by atoms with Crippen molar-refractivity contribution in [1.29, 1.82) is 0 Å². The third-order valence-electron chi connectivity index (χ3n) is 6.58. The maximum atomic E-state index is 12.3. The summed E-state index contributed by atoms with van der Waals surface area (Å²) in [5.41, 5.74) is 6.15. The quantitative estimate of drug-likeness (QED) is 0.267. The molecular formula is C29H38N4O5. The fourth-order valence-electron chi connectivity index (χ4n) is 4.15. The molecule has 9 nitrogen and oxygen atoms in total. The smallest absolute Gasteiger partial charge is 0.240 e. The molecule has 0 spiro atoms. The first kappa shape index (κ1) is 27.8.